The van der Waals surface area contributed by atoms with Crippen molar-refractivity contribution in [3.63, 3.8) is 0 Å². The van der Waals surface area contributed by atoms with Crippen LogP contribution in [0, 0.1) is 11.3 Å². The Morgan fingerprint density at radius 1 is 1.20 bits per heavy atom. The van der Waals surface area contributed by atoms with Crippen LogP contribution < -0.4 is 5.73 Å². The fraction of sp³-hybridized carbons (Fsp3) is 1.00. The number of rotatable bonds is 5. The lowest BCUT2D eigenvalue weighted by atomic mass is 9.80. The molecule has 0 saturated heterocycles. The van der Waals surface area contributed by atoms with E-state index in [9.17, 15) is 0 Å². The van der Waals surface area contributed by atoms with E-state index in [0.717, 1.165) is 13.0 Å². The Morgan fingerprint density at radius 3 is 1.93 bits per heavy atom. The van der Waals surface area contributed by atoms with E-state index in [4.69, 9.17) is 5.73 Å². The normalized spacial score (nSPS) is 17.2. The van der Waals surface area contributed by atoms with Gasteiger partial charge in [0.05, 0.1) is 0 Å². The van der Waals surface area contributed by atoms with E-state index in [-0.39, 0.29) is 11.5 Å². The van der Waals surface area contributed by atoms with E-state index < -0.39 is 0 Å². The van der Waals surface area contributed by atoms with Gasteiger partial charge in [-0.15, -0.1) is 0 Å². The monoisotopic (exact) mass is 214 g/mol. The Bertz CT molecular complexity index is 170. The lowest BCUT2D eigenvalue weighted by Gasteiger charge is -2.42. The molecular weight excluding hydrogens is 184 g/mol. The fourth-order valence-corrected chi connectivity index (χ4v) is 2.54. The predicted molar refractivity (Wildman–Crippen MR) is 69.0 cm³/mol. The highest BCUT2D eigenvalue weighted by molar-refractivity contribution is 4.89. The molecule has 0 amide bonds. The molecule has 2 N–H and O–H groups in total. The zero-order chi connectivity index (χ0) is 12.2. The van der Waals surface area contributed by atoms with Crippen molar-refractivity contribution in [3.05, 3.63) is 0 Å². The third-order valence-electron chi connectivity index (χ3n) is 2.89. The summed E-state index contributed by atoms with van der Waals surface area (Å²) in [5.74, 6) is 0.698. The molecule has 2 heteroatoms. The van der Waals surface area contributed by atoms with Crippen molar-refractivity contribution in [1.82, 2.24) is 4.90 Å². The summed E-state index contributed by atoms with van der Waals surface area (Å²) < 4.78 is 0. The van der Waals surface area contributed by atoms with E-state index in [0.29, 0.717) is 12.0 Å². The minimum Gasteiger partial charge on any atom is -0.326 e. The largest absolute Gasteiger partial charge is 0.326 e. The maximum Gasteiger partial charge on any atom is 0.0292 e. The van der Waals surface area contributed by atoms with Crippen LogP contribution in [0.3, 0.4) is 0 Å². The van der Waals surface area contributed by atoms with E-state index in [1.807, 2.05) is 0 Å². The van der Waals surface area contributed by atoms with Crippen LogP contribution in [0.25, 0.3) is 0 Å². The summed E-state index contributed by atoms with van der Waals surface area (Å²) in [5, 5.41) is 0. The smallest absolute Gasteiger partial charge is 0.0292 e. The molecule has 0 rings (SSSR count). The van der Waals surface area contributed by atoms with Gasteiger partial charge in [-0.3, -0.25) is 0 Å². The molecule has 2 atom stereocenters. The van der Waals surface area contributed by atoms with Gasteiger partial charge in [0, 0.05) is 18.6 Å². The Hall–Kier alpha value is -0.0800. The highest BCUT2D eigenvalue weighted by Gasteiger charge is 2.32. The fourth-order valence-electron chi connectivity index (χ4n) is 2.54. The van der Waals surface area contributed by atoms with Crippen LogP contribution in [0.1, 0.15) is 48.0 Å². The molecule has 2 nitrogen and oxygen atoms in total. The van der Waals surface area contributed by atoms with Gasteiger partial charge in [-0.25, -0.2) is 0 Å². The van der Waals surface area contributed by atoms with E-state index in [2.05, 4.69) is 53.5 Å². The first-order chi connectivity index (χ1) is 6.70. The van der Waals surface area contributed by atoms with Crippen molar-refractivity contribution in [2.24, 2.45) is 17.1 Å². The lowest BCUT2D eigenvalue weighted by molar-refractivity contribution is 0.0899. The third kappa shape index (κ3) is 4.98. The highest BCUT2D eigenvalue weighted by atomic mass is 15.2. The summed E-state index contributed by atoms with van der Waals surface area (Å²) in [7, 11) is 2.20. The zero-order valence-corrected chi connectivity index (χ0v) is 11.7. The number of nitrogens with zero attached hydrogens (tertiary/aromatic N) is 1. The van der Waals surface area contributed by atoms with E-state index >= 15 is 0 Å². The number of hydrogen-bond donors (Lipinski definition) is 1. The van der Waals surface area contributed by atoms with Gasteiger partial charge in [-0.1, -0.05) is 41.5 Å². The second-order valence-corrected chi connectivity index (χ2v) is 6.22. The lowest BCUT2D eigenvalue weighted by Crippen LogP contribution is -2.53. The molecule has 15 heavy (non-hydrogen) atoms. The topological polar surface area (TPSA) is 29.3 Å². The molecule has 92 valence electrons. The van der Waals surface area contributed by atoms with Crippen LogP contribution >= 0.6 is 0 Å². The van der Waals surface area contributed by atoms with Gasteiger partial charge in [0.25, 0.3) is 0 Å². The molecule has 0 aromatic heterocycles. The van der Waals surface area contributed by atoms with Crippen LogP contribution in [0.2, 0.25) is 0 Å². The molecule has 0 bridgehead atoms. The van der Waals surface area contributed by atoms with Gasteiger partial charge in [-0.2, -0.15) is 0 Å². The third-order valence-corrected chi connectivity index (χ3v) is 2.89. The summed E-state index contributed by atoms with van der Waals surface area (Å²) in [6, 6.07) is 0.735. The summed E-state index contributed by atoms with van der Waals surface area (Å²) in [6.45, 7) is 14.7. The Balaban J connectivity index is 4.63. The standard InChI is InChI=1S/C13H30N2/c1-8-11(14)12(13(4,5)6)15(7)9-10(2)3/h10-12H,8-9,14H2,1-7H3. The highest BCUT2D eigenvalue weighted by Crippen LogP contribution is 2.27. The molecule has 0 fully saturated rings. The number of likely N-dealkylation sites (N-methyl/N-ethyl adjacent to an activating group) is 1. The molecule has 0 heterocycles. The van der Waals surface area contributed by atoms with Gasteiger partial charge in [-0.05, 0) is 24.8 Å². The SMILES string of the molecule is CCC(N)C(N(C)CC(C)C)C(C)(C)C. The quantitative estimate of drug-likeness (QED) is 0.762. The minimum atomic E-state index is 0.249. The molecule has 0 aliphatic carbocycles. The molecule has 0 radical (unpaired) electrons. The zero-order valence-electron chi connectivity index (χ0n) is 11.7. The second kappa shape index (κ2) is 5.86. The first kappa shape index (κ1) is 14.9. The van der Waals surface area contributed by atoms with Crippen molar-refractivity contribution in [1.29, 1.82) is 0 Å². The van der Waals surface area contributed by atoms with Crippen molar-refractivity contribution in [2.45, 2.75) is 60.0 Å². The molecule has 0 saturated carbocycles. The molecule has 0 spiro atoms. The molecule has 0 aliphatic heterocycles. The first-order valence-electron chi connectivity index (χ1n) is 6.16. The van der Waals surface area contributed by atoms with Crippen LogP contribution in [0.4, 0.5) is 0 Å². The molecule has 0 aromatic carbocycles. The van der Waals surface area contributed by atoms with Gasteiger partial charge < -0.3 is 10.6 Å². The van der Waals surface area contributed by atoms with Crippen LogP contribution in [0.15, 0.2) is 0 Å². The molecule has 0 aliphatic rings. The van der Waals surface area contributed by atoms with E-state index in [1.165, 1.54) is 0 Å². The Kier molecular flexibility index (Phi) is 5.82. The minimum absolute atomic E-state index is 0.249. The van der Waals surface area contributed by atoms with Crippen LogP contribution in [0.5, 0.6) is 0 Å². The van der Waals surface area contributed by atoms with Crippen molar-refractivity contribution < 1.29 is 0 Å². The summed E-state index contributed by atoms with van der Waals surface area (Å²) >= 11 is 0. The van der Waals surface area contributed by atoms with Crippen LogP contribution in [-0.2, 0) is 0 Å². The number of hydrogen-bond acceptors (Lipinski definition) is 2. The molecule has 2 unspecified atom stereocenters. The number of nitrogens with two attached hydrogens (primary N) is 1. The van der Waals surface area contributed by atoms with Crippen LogP contribution in [-0.4, -0.2) is 30.6 Å². The maximum absolute atomic E-state index is 6.24. The Morgan fingerprint density at radius 2 is 1.67 bits per heavy atom. The summed E-state index contributed by atoms with van der Waals surface area (Å²) in [4.78, 5) is 2.43. The molecule has 0 aromatic rings. The average Bonchev–Trinajstić information content (AvgIpc) is 1.99. The first-order valence-corrected chi connectivity index (χ1v) is 6.16. The van der Waals surface area contributed by atoms with Gasteiger partial charge >= 0.3 is 0 Å². The van der Waals surface area contributed by atoms with Crippen molar-refractivity contribution in [3.8, 4) is 0 Å². The summed E-state index contributed by atoms with van der Waals surface area (Å²) in [6.07, 6.45) is 1.05. The summed E-state index contributed by atoms with van der Waals surface area (Å²) in [5.41, 5.74) is 6.49. The van der Waals surface area contributed by atoms with Gasteiger partial charge in [0.1, 0.15) is 0 Å². The van der Waals surface area contributed by atoms with E-state index in [1.54, 1.807) is 0 Å². The molecular formula is C13H30N2. The van der Waals surface area contributed by atoms with Crippen molar-refractivity contribution >= 4 is 0 Å². The van der Waals surface area contributed by atoms with Crippen molar-refractivity contribution in [2.75, 3.05) is 13.6 Å². The Labute approximate surface area is 96.2 Å². The maximum atomic E-state index is 6.24. The van der Waals surface area contributed by atoms with Gasteiger partial charge in [0.15, 0.2) is 0 Å². The second-order valence-electron chi connectivity index (χ2n) is 6.22. The average molecular weight is 214 g/mol. The predicted octanol–water partition coefficient (Wildman–Crippen LogP) is 2.73. The van der Waals surface area contributed by atoms with Gasteiger partial charge in [0.2, 0.25) is 0 Å².